The molecule has 0 saturated carbocycles. The van der Waals surface area contributed by atoms with Gasteiger partial charge in [0.05, 0.1) is 30.1 Å². The highest BCUT2D eigenvalue weighted by Gasteiger charge is 2.31. The van der Waals surface area contributed by atoms with E-state index in [2.05, 4.69) is 20.2 Å². The average Bonchev–Trinajstić information content (AvgIpc) is 3.28. The van der Waals surface area contributed by atoms with Gasteiger partial charge in [0.2, 0.25) is 5.88 Å². The highest BCUT2D eigenvalue weighted by Crippen LogP contribution is 2.29. The van der Waals surface area contributed by atoms with Gasteiger partial charge in [-0.05, 0) is 38.0 Å². The number of likely N-dealkylation sites (tertiary alicyclic amines) is 1. The summed E-state index contributed by atoms with van der Waals surface area (Å²) in [5.41, 5.74) is 0.235. The van der Waals surface area contributed by atoms with Crippen LogP contribution >= 0.6 is 0 Å². The summed E-state index contributed by atoms with van der Waals surface area (Å²) in [6, 6.07) is 5.54. The Morgan fingerprint density at radius 2 is 1.94 bits per heavy atom. The lowest BCUT2D eigenvalue weighted by molar-refractivity contribution is -0.137. The third-order valence-electron chi connectivity index (χ3n) is 4.87. The number of rotatable bonds is 4. The molecule has 8 nitrogen and oxygen atoms in total. The maximum absolute atomic E-state index is 13.2. The van der Waals surface area contributed by atoms with E-state index >= 15 is 0 Å². The molecule has 1 atom stereocenters. The van der Waals surface area contributed by atoms with Gasteiger partial charge in [0.25, 0.3) is 5.91 Å². The molecule has 1 aliphatic rings. The van der Waals surface area contributed by atoms with Crippen LogP contribution < -0.4 is 4.74 Å². The predicted octanol–water partition coefficient (Wildman–Crippen LogP) is 3.07. The number of piperidine rings is 1. The first-order valence-corrected chi connectivity index (χ1v) is 9.65. The van der Waals surface area contributed by atoms with Crippen molar-refractivity contribution in [2.75, 3.05) is 13.1 Å². The first kappa shape index (κ1) is 20.8. The molecule has 1 aliphatic heterocycles. The van der Waals surface area contributed by atoms with E-state index in [-0.39, 0.29) is 24.4 Å². The molecule has 0 spiro atoms. The van der Waals surface area contributed by atoms with E-state index in [4.69, 9.17) is 4.74 Å². The van der Waals surface area contributed by atoms with Crippen LogP contribution in [0.1, 0.15) is 34.5 Å². The molecule has 0 aromatic carbocycles. The summed E-state index contributed by atoms with van der Waals surface area (Å²) in [6.45, 7) is 2.61. The largest absolute Gasteiger partial charge is 0.472 e. The number of pyridine rings is 2. The molecular formula is C20H19F3N6O2. The van der Waals surface area contributed by atoms with Crippen LogP contribution in [0.15, 0.2) is 42.9 Å². The maximum Gasteiger partial charge on any atom is 0.417 e. The molecule has 4 rings (SSSR count). The number of aromatic nitrogens is 5. The fraction of sp³-hybridized carbons (Fsp3) is 0.350. The summed E-state index contributed by atoms with van der Waals surface area (Å²) < 4.78 is 43.8. The highest BCUT2D eigenvalue weighted by molar-refractivity contribution is 5.97. The zero-order valence-electron chi connectivity index (χ0n) is 16.6. The van der Waals surface area contributed by atoms with Gasteiger partial charge in [-0.3, -0.25) is 4.79 Å². The molecular weight excluding hydrogens is 413 g/mol. The predicted molar refractivity (Wildman–Crippen MR) is 103 cm³/mol. The number of halogens is 3. The number of amides is 1. The molecule has 1 fully saturated rings. The van der Waals surface area contributed by atoms with E-state index in [0.717, 1.165) is 18.0 Å². The number of hydrogen-bond donors (Lipinski definition) is 0. The first-order valence-electron chi connectivity index (χ1n) is 9.65. The molecule has 1 amide bonds. The second kappa shape index (κ2) is 8.32. The fourth-order valence-corrected chi connectivity index (χ4v) is 3.37. The third-order valence-corrected chi connectivity index (χ3v) is 4.87. The Labute approximate surface area is 175 Å². The molecule has 0 radical (unpaired) electrons. The van der Waals surface area contributed by atoms with Gasteiger partial charge >= 0.3 is 6.18 Å². The van der Waals surface area contributed by atoms with Gasteiger partial charge in [-0.25, -0.2) is 9.97 Å². The van der Waals surface area contributed by atoms with Gasteiger partial charge in [0.1, 0.15) is 6.10 Å². The van der Waals surface area contributed by atoms with E-state index < -0.39 is 11.7 Å². The Bertz CT molecular complexity index is 1050. The lowest BCUT2D eigenvalue weighted by atomic mass is 10.1. The maximum atomic E-state index is 13.2. The van der Waals surface area contributed by atoms with Crippen LogP contribution in [0.2, 0.25) is 0 Å². The summed E-state index contributed by atoms with van der Waals surface area (Å²) in [5.74, 6) is 0.182. The van der Waals surface area contributed by atoms with Crippen molar-refractivity contribution >= 4 is 5.91 Å². The Balaban J connectivity index is 1.49. The molecule has 3 aromatic rings. The lowest BCUT2D eigenvalue weighted by Gasteiger charge is -2.33. The van der Waals surface area contributed by atoms with Crippen molar-refractivity contribution in [3.05, 3.63) is 59.7 Å². The van der Waals surface area contributed by atoms with Gasteiger partial charge < -0.3 is 9.64 Å². The fourth-order valence-electron chi connectivity index (χ4n) is 3.37. The Morgan fingerprint density at radius 1 is 1.16 bits per heavy atom. The van der Waals surface area contributed by atoms with Crippen LogP contribution in [0, 0.1) is 6.92 Å². The monoisotopic (exact) mass is 432 g/mol. The van der Waals surface area contributed by atoms with Crippen molar-refractivity contribution in [1.29, 1.82) is 0 Å². The SMILES string of the molecule is Cc1ccc(C(=O)N2CCCC(Oc3ccc(C(F)(F)F)cn3)C2)c(-n2nccn2)n1. The minimum absolute atomic E-state index is 0.0886. The Kier molecular flexibility index (Phi) is 5.57. The number of hydrogen-bond acceptors (Lipinski definition) is 6. The van der Waals surface area contributed by atoms with Crippen molar-refractivity contribution in [1.82, 2.24) is 29.9 Å². The normalized spacial score (nSPS) is 16.9. The molecule has 4 heterocycles. The molecule has 0 N–H and O–H groups in total. The van der Waals surface area contributed by atoms with Gasteiger partial charge in [-0.15, -0.1) is 4.80 Å². The summed E-state index contributed by atoms with van der Waals surface area (Å²) in [4.78, 5) is 24.3. The number of carbonyl (C=O) groups excluding carboxylic acids is 1. The lowest BCUT2D eigenvalue weighted by Crippen LogP contribution is -2.44. The Hall–Kier alpha value is -3.50. The van der Waals surface area contributed by atoms with Crippen LogP contribution in [0.25, 0.3) is 5.82 Å². The van der Waals surface area contributed by atoms with Crippen LogP contribution in [0.5, 0.6) is 5.88 Å². The van der Waals surface area contributed by atoms with E-state index in [9.17, 15) is 18.0 Å². The minimum atomic E-state index is -4.46. The van der Waals surface area contributed by atoms with Crippen molar-refractivity contribution in [3.8, 4) is 11.7 Å². The van der Waals surface area contributed by atoms with Crippen LogP contribution in [-0.4, -0.2) is 55.0 Å². The van der Waals surface area contributed by atoms with Gasteiger partial charge in [0, 0.05) is 24.5 Å². The van der Waals surface area contributed by atoms with E-state index in [1.165, 1.54) is 23.3 Å². The van der Waals surface area contributed by atoms with Crippen molar-refractivity contribution < 1.29 is 22.7 Å². The topological polar surface area (TPSA) is 86.0 Å². The van der Waals surface area contributed by atoms with Crippen molar-refractivity contribution in [2.24, 2.45) is 0 Å². The summed E-state index contributed by atoms with van der Waals surface area (Å²) in [7, 11) is 0. The molecule has 11 heteroatoms. The smallest absolute Gasteiger partial charge is 0.417 e. The molecule has 0 bridgehead atoms. The number of alkyl halides is 3. The molecule has 31 heavy (non-hydrogen) atoms. The molecule has 1 saturated heterocycles. The molecule has 0 aliphatic carbocycles. The zero-order valence-corrected chi connectivity index (χ0v) is 16.6. The van der Waals surface area contributed by atoms with Crippen LogP contribution in [0.4, 0.5) is 13.2 Å². The zero-order chi connectivity index (χ0) is 22.0. The van der Waals surface area contributed by atoms with Crippen molar-refractivity contribution in [2.45, 2.75) is 32.0 Å². The van der Waals surface area contributed by atoms with Gasteiger partial charge in [-0.2, -0.15) is 23.4 Å². The number of nitrogens with zero attached hydrogens (tertiary/aromatic N) is 6. The highest BCUT2D eigenvalue weighted by atomic mass is 19.4. The number of aryl methyl sites for hydroxylation is 1. The van der Waals surface area contributed by atoms with E-state index in [1.54, 1.807) is 17.0 Å². The van der Waals surface area contributed by atoms with Gasteiger partial charge in [-0.1, -0.05) is 0 Å². The van der Waals surface area contributed by atoms with Gasteiger partial charge in [0.15, 0.2) is 5.82 Å². The minimum Gasteiger partial charge on any atom is -0.472 e. The van der Waals surface area contributed by atoms with E-state index in [0.29, 0.717) is 30.8 Å². The molecule has 3 aromatic heterocycles. The molecule has 162 valence electrons. The average molecular weight is 432 g/mol. The third kappa shape index (κ3) is 4.65. The first-order chi connectivity index (χ1) is 14.8. The molecule has 1 unspecified atom stereocenters. The quantitative estimate of drug-likeness (QED) is 0.630. The standard InChI is InChI=1S/C20H19F3N6O2/c1-13-4-6-16(18(27-13)29-25-8-9-26-29)19(30)28-10-2-3-15(12-28)31-17-7-5-14(11-24-17)20(21,22)23/h4-9,11,15H,2-3,10,12H2,1H3. The number of carbonyl (C=O) groups is 1. The van der Waals surface area contributed by atoms with Crippen molar-refractivity contribution in [3.63, 3.8) is 0 Å². The summed E-state index contributed by atoms with van der Waals surface area (Å²) >= 11 is 0. The van der Waals surface area contributed by atoms with Crippen LogP contribution in [0.3, 0.4) is 0 Å². The summed E-state index contributed by atoms with van der Waals surface area (Å²) in [6.07, 6.45) is 0.246. The summed E-state index contributed by atoms with van der Waals surface area (Å²) in [5, 5.41) is 8.14. The second-order valence-corrected chi connectivity index (χ2v) is 7.16. The Morgan fingerprint density at radius 3 is 2.61 bits per heavy atom. The second-order valence-electron chi connectivity index (χ2n) is 7.16. The number of ether oxygens (including phenoxy) is 1. The van der Waals surface area contributed by atoms with E-state index in [1.807, 2.05) is 6.92 Å². The van der Waals surface area contributed by atoms with Crippen LogP contribution in [-0.2, 0) is 6.18 Å².